The van der Waals surface area contributed by atoms with Crippen LogP contribution in [0.25, 0.3) is 32.9 Å². The number of thiazole rings is 1. The summed E-state index contributed by atoms with van der Waals surface area (Å²) < 4.78 is 5.44. The number of pyridine rings is 2. The molecule has 0 saturated heterocycles. The van der Waals surface area contributed by atoms with Gasteiger partial charge in [-0.3, -0.25) is 14.8 Å². The lowest BCUT2D eigenvalue weighted by Gasteiger charge is -2.05. The first-order valence-corrected chi connectivity index (χ1v) is 10.1. The van der Waals surface area contributed by atoms with Crippen LogP contribution in [-0.4, -0.2) is 26.0 Å². The summed E-state index contributed by atoms with van der Waals surface area (Å²) in [5.74, 6) is -0.178. The number of carbonyl (C=O) groups is 1. The second-order valence-electron chi connectivity index (χ2n) is 6.57. The van der Waals surface area contributed by atoms with E-state index in [1.54, 1.807) is 43.0 Å². The molecule has 4 aromatic heterocycles. The van der Waals surface area contributed by atoms with E-state index in [-0.39, 0.29) is 5.91 Å². The predicted octanol–water partition coefficient (Wildman–Crippen LogP) is 4.34. The Hall–Kier alpha value is -3.91. The fraction of sp³-hybridized carbons (Fsp3) is 0.0455. The summed E-state index contributed by atoms with van der Waals surface area (Å²) in [7, 11) is 0. The van der Waals surface area contributed by atoms with E-state index < -0.39 is 0 Å². The molecule has 0 atom stereocenters. The zero-order valence-electron chi connectivity index (χ0n) is 15.6. The van der Waals surface area contributed by atoms with E-state index in [2.05, 4.69) is 25.4 Å². The van der Waals surface area contributed by atoms with Gasteiger partial charge < -0.3 is 9.84 Å². The van der Waals surface area contributed by atoms with Crippen molar-refractivity contribution in [2.45, 2.75) is 6.54 Å². The van der Waals surface area contributed by atoms with E-state index in [1.165, 1.54) is 11.3 Å². The molecule has 0 spiro atoms. The third-order valence-corrected chi connectivity index (χ3v) is 5.45. The summed E-state index contributed by atoms with van der Waals surface area (Å²) in [4.78, 5) is 25.5. The van der Waals surface area contributed by atoms with Gasteiger partial charge in [-0.1, -0.05) is 11.2 Å². The molecule has 0 aliphatic carbocycles. The molecule has 0 aliphatic rings. The van der Waals surface area contributed by atoms with Crippen molar-refractivity contribution < 1.29 is 9.32 Å². The van der Waals surface area contributed by atoms with E-state index >= 15 is 0 Å². The van der Waals surface area contributed by atoms with Gasteiger partial charge in [-0.2, -0.15) is 0 Å². The molecule has 7 nitrogen and oxygen atoms in total. The van der Waals surface area contributed by atoms with Crippen molar-refractivity contribution in [3.05, 3.63) is 83.8 Å². The molecule has 0 aliphatic heterocycles. The van der Waals surface area contributed by atoms with Gasteiger partial charge in [0.1, 0.15) is 16.4 Å². The van der Waals surface area contributed by atoms with Gasteiger partial charge in [0.15, 0.2) is 5.58 Å². The molecular formula is C22H15N5O2S. The first-order chi connectivity index (χ1) is 14.8. The molecule has 5 rings (SSSR count). The number of benzene rings is 1. The van der Waals surface area contributed by atoms with Crippen LogP contribution < -0.4 is 5.32 Å². The summed E-state index contributed by atoms with van der Waals surface area (Å²) in [6, 6.07) is 12.8. The number of aromatic nitrogens is 4. The minimum Gasteiger partial charge on any atom is -0.356 e. The Morgan fingerprint density at radius 2 is 1.93 bits per heavy atom. The molecule has 0 radical (unpaired) electrons. The van der Waals surface area contributed by atoms with Crippen LogP contribution in [0.5, 0.6) is 0 Å². The number of nitrogens with one attached hydrogen (secondary N) is 1. The highest BCUT2D eigenvalue weighted by atomic mass is 32.1. The number of fused-ring (bicyclic) bond motifs is 1. The van der Waals surface area contributed by atoms with E-state index in [9.17, 15) is 4.79 Å². The number of rotatable bonds is 5. The SMILES string of the molecule is O=C(NCc1cccnc1)c1ccc2onc(-c3csc(-c4cccnc4)n3)c2c1. The molecule has 146 valence electrons. The van der Waals surface area contributed by atoms with Crippen LogP contribution in [0, 0.1) is 0 Å². The van der Waals surface area contributed by atoms with Crippen molar-refractivity contribution in [1.29, 1.82) is 0 Å². The second-order valence-corrected chi connectivity index (χ2v) is 7.42. The lowest BCUT2D eigenvalue weighted by molar-refractivity contribution is 0.0951. The number of amides is 1. The van der Waals surface area contributed by atoms with Gasteiger partial charge in [0.2, 0.25) is 0 Å². The van der Waals surface area contributed by atoms with Gasteiger partial charge in [-0.15, -0.1) is 11.3 Å². The van der Waals surface area contributed by atoms with Crippen LogP contribution in [-0.2, 0) is 6.54 Å². The maximum atomic E-state index is 12.6. The second kappa shape index (κ2) is 7.84. The fourth-order valence-electron chi connectivity index (χ4n) is 3.06. The molecule has 30 heavy (non-hydrogen) atoms. The Balaban J connectivity index is 1.42. The van der Waals surface area contributed by atoms with E-state index in [0.717, 1.165) is 21.5 Å². The maximum Gasteiger partial charge on any atom is 0.251 e. The summed E-state index contributed by atoms with van der Waals surface area (Å²) in [5.41, 5.74) is 4.31. The molecule has 1 aromatic carbocycles. The topological polar surface area (TPSA) is 93.8 Å². The van der Waals surface area contributed by atoms with Crippen molar-refractivity contribution in [2.75, 3.05) is 0 Å². The van der Waals surface area contributed by atoms with Crippen molar-refractivity contribution in [3.63, 3.8) is 0 Å². The Bertz CT molecular complexity index is 1320. The van der Waals surface area contributed by atoms with Crippen molar-refractivity contribution in [1.82, 2.24) is 25.4 Å². The van der Waals surface area contributed by atoms with E-state index in [1.807, 2.05) is 29.6 Å². The maximum absolute atomic E-state index is 12.6. The molecule has 0 fully saturated rings. The van der Waals surface area contributed by atoms with Crippen LogP contribution >= 0.6 is 11.3 Å². The van der Waals surface area contributed by atoms with E-state index in [0.29, 0.717) is 29.1 Å². The van der Waals surface area contributed by atoms with Crippen molar-refractivity contribution in [2.24, 2.45) is 0 Å². The smallest absolute Gasteiger partial charge is 0.251 e. The zero-order chi connectivity index (χ0) is 20.3. The van der Waals surface area contributed by atoms with Crippen LogP contribution in [0.4, 0.5) is 0 Å². The number of nitrogens with zero attached hydrogens (tertiary/aromatic N) is 4. The lowest BCUT2D eigenvalue weighted by atomic mass is 10.1. The average Bonchev–Trinajstić information content (AvgIpc) is 3.45. The molecule has 0 saturated carbocycles. The van der Waals surface area contributed by atoms with Gasteiger partial charge in [0, 0.05) is 47.8 Å². The highest BCUT2D eigenvalue weighted by molar-refractivity contribution is 7.13. The Kier molecular flexibility index (Phi) is 4.74. The molecule has 8 heteroatoms. The van der Waals surface area contributed by atoms with Gasteiger partial charge in [-0.05, 0) is 42.0 Å². The fourth-order valence-corrected chi connectivity index (χ4v) is 3.85. The third kappa shape index (κ3) is 3.56. The van der Waals surface area contributed by atoms with Crippen molar-refractivity contribution >= 4 is 28.2 Å². The van der Waals surface area contributed by atoms with Crippen LogP contribution in [0.15, 0.2) is 77.2 Å². The average molecular weight is 413 g/mol. The minimum absolute atomic E-state index is 0.178. The Morgan fingerprint density at radius 1 is 1.07 bits per heavy atom. The summed E-state index contributed by atoms with van der Waals surface area (Å²) in [5, 5.41) is 10.6. The number of hydrogen-bond donors (Lipinski definition) is 1. The van der Waals surface area contributed by atoms with Gasteiger partial charge >= 0.3 is 0 Å². The summed E-state index contributed by atoms with van der Waals surface area (Å²) >= 11 is 1.51. The molecule has 0 unspecified atom stereocenters. The van der Waals surface area contributed by atoms with E-state index in [4.69, 9.17) is 4.52 Å². The molecule has 4 heterocycles. The Labute approximate surface area is 175 Å². The molecule has 0 bridgehead atoms. The Morgan fingerprint density at radius 3 is 2.73 bits per heavy atom. The summed E-state index contributed by atoms with van der Waals surface area (Å²) in [6.07, 6.45) is 6.92. The molecule has 1 amide bonds. The van der Waals surface area contributed by atoms with Crippen molar-refractivity contribution in [3.8, 4) is 22.0 Å². The molecular weight excluding hydrogens is 398 g/mol. The zero-order valence-corrected chi connectivity index (χ0v) is 16.5. The number of carbonyl (C=O) groups excluding carboxylic acids is 1. The first-order valence-electron chi connectivity index (χ1n) is 9.21. The number of hydrogen-bond acceptors (Lipinski definition) is 7. The normalized spacial score (nSPS) is 10.9. The van der Waals surface area contributed by atoms with Crippen LogP contribution in [0.3, 0.4) is 0 Å². The molecule has 5 aromatic rings. The van der Waals surface area contributed by atoms with Gasteiger partial charge in [0.05, 0.1) is 5.39 Å². The summed E-state index contributed by atoms with van der Waals surface area (Å²) in [6.45, 7) is 0.405. The third-order valence-electron chi connectivity index (χ3n) is 4.56. The van der Waals surface area contributed by atoms with Crippen LogP contribution in [0.1, 0.15) is 15.9 Å². The largest absolute Gasteiger partial charge is 0.356 e. The highest BCUT2D eigenvalue weighted by Crippen LogP contribution is 2.32. The predicted molar refractivity (Wildman–Crippen MR) is 114 cm³/mol. The minimum atomic E-state index is -0.178. The highest BCUT2D eigenvalue weighted by Gasteiger charge is 2.16. The van der Waals surface area contributed by atoms with Crippen LogP contribution in [0.2, 0.25) is 0 Å². The monoisotopic (exact) mass is 413 g/mol. The van der Waals surface area contributed by atoms with Gasteiger partial charge in [0.25, 0.3) is 5.91 Å². The van der Waals surface area contributed by atoms with Gasteiger partial charge in [-0.25, -0.2) is 4.98 Å². The standard InChI is InChI=1S/C22H15N5O2S/c28-21(25-11-14-3-1-7-23-10-14)15-5-6-19-17(9-15)20(27-29-19)18-13-30-22(26-18)16-4-2-8-24-12-16/h1-10,12-13H,11H2,(H,25,28). The lowest BCUT2D eigenvalue weighted by Crippen LogP contribution is -2.22. The quantitative estimate of drug-likeness (QED) is 0.461. The first kappa shape index (κ1) is 18.1. The molecule has 1 N–H and O–H groups in total.